The van der Waals surface area contributed by atoms with Crippen molar-refractivity contribution in [3.63, 3.8) is 0 Å². The van der Waals surface area contributed by atoms with Crippen LogP contribution in [-0.4, -0.2) is 6.54 Å². The Bertz CT molecular complexity index is 318. The topological polar surface area (TPSA) is 26.0 Å². The quantitative estimate of drug-likeness (QED) is 0.868. The highest BCUT2D eigenvalue weighted by Gasteiger charge is 2.58. The van der Waals surface area contributed by atoms with Gasteiger partial charge in [0.2, 0.25) is 0 Å². The van der Waals surface area contributed by atoms with Crippen LogP contribution >= 0.6 is 27.3 Å². The zero-order chi connectivity index (χ0) is 9.64. The molecule has 1 heterocycles. The van der Waals surface area contributed by atoms with Crippen LogP contribution in [0.2, 0.25) is 0 Å². The molecule has 2 N–H and O–H groups in total. The molecular weight excluding hydrogens is 246 g/mol. The second-order valence-corrected chi connectivity index (χ2v) is 6.08. The highest BCUT2D eigenvalue weighted by molar-refractivity contribution is 9.10. The van der Waals surface area contributed by atoms with Gasteiger partial charge >= 0.3 is 0 Å². The van der Waals surface area contributed by atoms with Gasteiger partial charge in [-0.2, -0.15) is 0 Å². The smallest absolute Gasteiger partial charge is 0.0317 e. The van der Waals surface area contributed by atoms with E-state index < -0.39 is 0 Å². The van der Waals surface area contributed by atoms with E-state index in [1.807, 2.05) is 11.3 Å². The normalized spacial score (nSPS) is 30.5. The summed E-state index contributed by atoms with van der Waals surface area (Å²) in [6.07, 6.45) is 0. The van der Waals surface area contributed by atoms with Gasteiger partial charge in [0.15, 0.2) is 0 Å². The van der Waals surface area contributed by atoms with Crippen LogP contribution in [0.4, 0.5) is 0 Å². The molecule has 1 aromatic heterocycles. The van der Waals surface area contributed by atoms with E-state index >= 15 is 0 Å². The van der Waals surface area contributed by atoms with Crippen LogP contribution in [-0.2, 0) is 0 Å². The van der Waals surface area contributed by atoms with Gasteiger partial charge in [-0.05, 0) is 45.3 Å². The van der Waals surface area contributed by atoms with Crippen molar-refractivity contribution in [2.75, 3.05) is 6.54 Å². The average molecular weight is 260 g/mol. The number of rotatable bonds is 2. The van der Waals surface area contributed by atoms with E-state index in [4.69, 9.17) is 5.73 Å². The van der Waals surface area contributed by atoms with Gasteiger partial charge in [-0.1, -0.05) is 13.8 Å². The van der Waals surface area contributed by atoms with Gasteiger partial charge in [0.1, 0.15) is 0 Å². The Morgan fingerprint density at radius 3 is 2.69 bits per heavy atom. The van der Waals surface area contributed by atoms with Gasteiger partial charge in [-0.15, -0.1) is 11.3 Å². The van der Waals surface area contributed by atoms with Crippen LogP contribution in [0.25, 0.3) is 0 Å². The fourth-order valence-electron chi connectivity index (χ4n) is 2.23. The highest BCUT2D eigenvalue weighted by atomic mass is 79.9. The molecule has 2 rings (SSSR count). The Kier molecular flexibility index (Phi) is 2.29. The second kappa shape index (κ2) is 3.07. The molecule has 0 unspecified atom stereocenters. The third kappa shape index (κ3) is 1.37. The van der Waals surface area contributed by atoms with Crippen molar-refractivity contribution < 1.29 is 0 Å². The number of nitrogens with two attached hydrogens (primary N) is 1. The summed E-state index contributed by atoms with van der Waals surface area (Å²) < 4.78 is 1.26. The molecular formula is C10H14BrNS. The molecule has 13 heavy (non-hydrogen) atoms. The van der Waals surface area contributed by atoms with Crippen molar-refractivity contribution in [1.29, 1.82) is 0 Å². The Balaban J connectivity index is 2.26. The number of hydrogen-bond donors (Lipinski definition) is 1. The minimum Gasteiger partial charge on any atom is -0.330 e. The Hall–Kier alpha value is 0.140. The van der Waals surface area contributed by atoms with Gasteiger partial charge in [0, 0.05) is 15.3 Å². The van der Waals surface area contributed by atoms with Crippen molar-refractivity contribution in [2.45, 2.75) is 19.8 Å². The maximum Gasteiger partial charge on any atom is 0.0317 e. The summed E-state index contributed by atoms with van der Waals surface area (Å²) in [6.45, 7) is 5.42. The summed E-state index contributed by atoms with van der Waals surface area (Å²) in [6, 6.07) is 2.13. The molecule has 0 aromatic carbocycles. The van der Waals surface area contributed by atoms with Gasteiger partial charge in [0.05, 0.1) is 0 Å². The summed E-state index contributed by atoms with van der Waals surface area (Å²) in [4.78, 5) is 1.47. The molecule has 2 atom stereocenters. The van der Waals surface area contributed by atoms with E-state index in [1.54, 1.807) is 0 Å². The van der Waals surface area contributed by atoms with Crippen LogP contribution < -0.4 is 5.73 Å². The van der Waals surface area contributed by atoms with E-state index in [0.29, 0.717) is 17.3 Å². The van der Waals surface area contributed by atoms with Crippen LogP contribution in [0, 0.1) is 11.3 Å². The molecule has 72 valence electrons. The maximum atomic E-state index is 5.75. The maximum absolute atomic E-state index is 5.75. The van der Waals surface area contributed by atoms with Gasteiger partial charge in [-0.3, -0.25) is 0 Å². The van der Waals surface area contributed by atoms with E-state index in [2.05, 4.69) is 41.2 Å². The zero-order valence-corrected chi connectivity index (χ0v) is 10.3. The summed E-state index contributed by atoms with van der Waals surface area (Å²) in [5.74, 6) is 1.34. The fourth-order valence-corrected chi connectivity index (χ4v) is 4.21. The van der Waals surface area contributed by atoms with E-state index in [9.17, 15) is 0 Å². The van der Waals surface area contributed by atoms with Crippen molar-refractivity contribution in [1.82, 2.24) is 0 Å². The first-order chi connectivity index (χ1) is 6.09. The summed E-state index contributed by atoms with van der Waals surface area (Å²) in [5, 5.41) is 2.14. The lowest BCUT2D eigenvalue weighted by atomic mass is 10.1. The highest BCUT2D eigenvalue weighted by Crippen LogP contribution is 2.65. The third-order valence-electron chi connectivity index (χ3n) is 3.23. The van der Waals surface area contributed by atoms with E-state index in [0.717, 1.165) is 6.54 Å². The standard InChI is InChI=1S/C10H14BrNS/c1-10(2)6(5-12)8(10)9-7(11)3-4-13-9/h3-4,6,8H,5,12H2,1-2H3/t6-,8+/m0/s1. The molecule has 0 bridgehead atoms. The van der Waals surface area contributed by atoms with Gasteiger partial charge in [0.25, 0.3) is 0 Å². The molecule has 1 aliphatic carbocycles. The summed E-state index contributed by atoms with van der Waals surface area (Å²) >= 11 is 5.42. The second-order valence-electron chi connectivity index (χ2n) is 4.27. The first-order valence-corrected chi connectivity index (χ1v) is 6.19. The van der Waals surface area contributed by atoms with Crippen LogP contribution in [0.3, 0.4) is 0 Å². The van der Waals surface area contributed by atoms with Crippen molar-refractivity contribution >= 4 is 27.3 Å². The number of hydrogen-bond acceptors (Lipinski definition) is 2. The fraction of sp³-hybridized carbons (Fsp3) is 0.600. The lowest BCUT2D eigenvalue weighted by Crippen LogP contribution is -2.05. The molecule has 0 saturated heterocycles. The van der Waals surface area contributed by atoms with Gasteiger partial charge < -0.3 is 5.73 Å². The molecule has 1 saturated carbocycles. The largest absolute Gasteiger partial charge is 0.330 e. The third-order valence-corrected chi connectivity index (χ3v) is 5.19. The Morgan fingerprint density at radius 2 is 2.31 bits per heavy atom. The number of halogens is 1. The molecule has 1 aromatic rings. The van der Waals surface area contributed by atoms with E-state index in [1.165, 1.54) is 9.35 Å². The first kappa shape index (κ1) is 9.69. The lowest BCUT2D eigenvalue weighted by Gasteiger charge is -2.00. The SMILES string of the molecule is CC1(C)[C@@H](CN)[C@@H]1c1sccc1Br. The molecule has 1 fully saturated rings. The Labute approximate surface area is 91.5 Å². The van der Waals surface area contributed by atoms with Crippen molar-refractivity contribution in [3.8, 4) is 0 Å². The molecule has 1 aliphatic rings. The Morgan fingerprint density at radius 1 is 1.62 bits per heavy atom. The lowest BCUT2D eigenvalue weighted by molar-refractivity contribution is 0.559. The minimum atomic E-state index is 0.405. The molecule has 1 nitrogen and oxygen atoms in total. The monoisotopic (exact) mass is 259 g/mol. The predicted octanol–water partition coefficient (Wildman–Crippen LogP) is 3.21. The molecule has 0 amide bonds. The van der Waals surface area contributed by atoms with Crippen LogP contribution in [0.15, 0.2) is 15.9 Å². The average Bonchev–Trinajstić information content (AvgIpc) is 2.41. The predicted molar refractivity (Wildman–Crippen MR) is 61.1 cm³/mol. The van der Waals surface area contributed by atoms with E-state index in [-0.39, 0.29) is 0 Å². The van der Waals surface area contributed by atoms with Gasteiger partial charge in [-0.25, -0.2) is 0 Å². The van der Waals surface area contributed by atoms with Crippen molar-refractivity contribution in [3.05, 3.63) is 20.8 Å². The van der Waals surface area contributed by atoms with Crippen molar-refractivity contribution in [2.24, 2.45) is 17.1 Å². The first-order valence-electron chi connectivity index (χ1n) is 4.52. The summed E-state index contributed by atoms with van der Waals surface area (Å²) in [5.41, 5.74) is 6.15. The number of thiophene rings is 1. The molecule has 0 radical (unpaired) electrons. The molecule has 3 heteroatoms. The van der Waals surface area contributed by atoms with Crippen LogP contribution in [0.1, 0.15) is 24.6 Å². The zero-order valence-electron chi connectivity index (χ0n) is 7.88. The van der Waals surface area contributed by atoms with Crippen LogP contribution in [0.5, 0.6) is 0 Å². The molecule has 0 aliphatic heterocycles. The minimum absolute atomic E-state index is 0.405. The molecule has 0 spiro atoms. The summed E-state index contributed by atoms with van der Waals surface area (Å²) in [7, 11) is 0.